The summed E-state index contributed by atoms with van der Waals surface area (Å²) in [6.45, 7) is 6.77. The molecule has 1 N–H and O–H groups in total. The average Bonchev–Trinajstić information content (AvgIpc) is 3.15. The average molecular weight is 423 g/mol. The fourth-order valence-corrected chi connectivity index (χ4v) is 3.98. The summed E-state index contributed by atoms with van der Waals surface area (Å²) in [4.78, 5) is 24.3. The Hall–Kier alpha value is -2.93. The Morgan fingerprint density at radius 1 is 1.07 bits per heavy atom. The van der Waals surface area contributed by atoms with Crippen LogP contribution in [0.5, 0.6) is 0 Å². The number of ketones is 1. The number of anilines is 1. The first-order chi connectivity index (χ1) is 14.5. The van der Waals surface area contributed by atoms with Crippen LogP contribution in [0.15, 0.2) is 53.7 Å². The van der Waals surface area contributed by atoms with Crippen molar-refractivity contribution in [3.05, 3.63) is 59.7 Å². The Balaban J connectivity index is 1.65. The predicted octanol–water partition coefficient (Wildman–Crippen LogP) is 4.99. The zero-order valence-corrected chi connectivity index (χ0v) is 18.3. The molecule has 0 aliphatic carbocycles. The number of aromatic nitrogens is 3. The van der Waals surface area contributed by atoms with Gasteiger partial charge < -0.3 is 9.88 Å². The molecule has 0 radical (unpaired) electrons. The lowest BCUT2D eigenvalue weighted by atomic mass is 10.1. The predicted molar refractivity (Wildman–Crippen MR) is 121 cm³/mol. The summed E-state index contributed by atoms with van der Waals surface area (Å²) in [5, 5.41) is 12.2. The number of hydrogen-bond donors (Lipinski definition) is 1. The van der Waals surface area contributed by atoms with Crippen LogP contribution in [0.4, 0.5) is 5.69 Å². The summed E-state index contributed by atoms with van der Waals surface area (Å²) in [6, 6.07) is 15.2. The number of carbonyl (C=O) groups excluding carboxylic acids is 2. The minimum atomic E-state index is -0.0181. The molecule has 156 valence electrons. The van der Waals surface area contributed by atoms with Crippen LogP contribution in [-0.4, -0.2) is 32.2 Å². The van der Waals surface area contributed by atoms with E-state index in [2.05, 4.69) is 21.6 Å². The highest BCUT2D eigenvalue weighted by Gasteiger charge is 2.15. The molecule has 3 aromatic rings. The molecule has 1 aromatic heterocycles. The summed E-state index contributed by atoms with van der Waals surface area (Å²) < 4.78 is 2.03. The van der Waals surface area contributed by atoms with Gasteiger partial charge in [0.15, 0.2) is 16.8 Å². The second-order valence-corrected chi connectivity index (χ2v) is 7.95. The van der Waals surface area contributed by atoms with E-state index in [4.69, 9.17) is 0 Å². The van der Waals surface area contributed by atoms with Gasteiger partial charge in [0.2, 0.25) is 5.91 Å². The van der Waals surface area contributed by atoms with Gasteiger partial charge in [-0.05, 0) is 50.6 Å². The molecule has 30 heavy (non-hydrogen) atoms. The zero-order valence-electron chi connectivity index (χ0n) is 17.5. The third-order valence-corrected chi connectivity index (χ3v) is 5.58. The van der Waals surface area contributed by atoms with Crippen LogP contribution >= 0.6 is 11.8 Å². The first-order valence-corrected chi connectivity index (χ1v) is 11.1. The van der Waals surface area contributed by atoms with Gasteiger partial charge in [0, 0.05) is 29.8 Å². The van der Waals surface area contributed by atoms with Crippen molar-refractivity contribution in [2.24, 2.45) is 0 Å². The van der Waals surface area contributed by atoms with Crippen molar-refractivity contribution in [1.29, 1.82) is 0 Å². The third kappa shape index (κ3) is 5.36. The summed E-state index contributed by atoms with van der Waals surface area (Å²) >= 11 is 1.39. The number of hydrogen-bond acceptors (Lipinski definition) is 5. The van der Waals surface area contributed by atoms with E-state index in [1.165, 1.54) is 11.8 Å². The van der Waals surface area contributed by atoms with Crippen LogP contribution in [0.1, 0.15) is 42.6 Å². The monoisotopic (exact) mass is 422 g/mol. The van der Waals surface area contributed by atoms with E-state index in [1.54, 1.807) is 24.3 Å². The number of thioether (sulfide) groups is 1. The van der Waals surface area contributed by atoms with Crippen LogP contribution in [-0.2, 0) is 11.3 Å². The molecular formula is C23H26N4O2S. The first-order valence-electron chi connectivity index (χ1n) is 10.1. The number of aryl methyl sites for hydroxylation is 1. The van der Waals surface area contributed by atoms with E-state index in [0.29, 0.717) is 17.7 Å². The van der Waals surface area contributed by atoms with Gasteiger partial charge in [-0.1, -0.05) is 42.4 Å². The second-order valence-electron chi connectivity index (χ2n) is 7.01. The molecule has 0 bridgehead atoms. The highest BCUT2D eigenvalue weighted by Crippen LogP contribution is 2.25. The maximum absolute atomic E-state index is 12.6. The van der Waals surface area contributed by atoms with E-state index < -0.39 is 0 Å². The molecule has 0 unspecified atom stereocenters. The van der Waals surface area contributed by atoms with E-state index in [0.717, 1.165) is 35.1 Å². The van der Waals surface area contributed by atoms with Crippen LogP contribution in [0.2, 0.25) is 0 Å². The minimum absolute atomic E-state index is 0.00851. The maximum Gasteiger partial charge on any atom is 0.224 e. The molecule has 0 spiro atoms. The van der Waals surface area contributed by atoms with Crippen molar-refractivity contribution in [3.63, 3.8) is 0 Å². The molecule has 1 amide bonds. The van der Waals surface area contributed by atoms with Crippen LogP contribution in [0, 0.1) is 6.92 Å². The van der Waals surface area contributed by atoms with E-state index in [9.17, 15) is 9.59 Å². The summed E-state index contributed by atoms with van der Waals surface area (Å²) in [6.07, 6.45) is 1.29. The Bertz CT molecular complexity index is 1030. The highest BCUT2D eigenvalue weighted by molar-refractivity contribution is 7.99. The van der Waals surface area contributed by atoms with Gasteiger partial charge in [-0.25, -0.2) is 0 Å². The molecule has 3 rings (SSSR count). The van der Waals surface area contributed by atoms with Gasteiger partial charge in [0.25, 0.3) is 0 Å². The van der Waals surface area contributed by atoms with E-state index >= 15 is 0 Å². The molecular weight excluding hydrogens is 396 g/mol. The third-order valence-electron chi connectivity index (χ3n) is 4.61. The fourth-order valence-electron chi connectivity index (χ4n) is 3.08. The van der Waals surface area contributed by atoms with Gasteiger partial charge >= 0.3 is 0 Å². The Morgan fingerprint density at radius 3 is 2.50 bits per heavy atom. The van der Waals surface area contributed by atoms with Crippen LogP contribution in [0.25, 0.3) is 11.4 Å². The zero-order chi connectivity index (χ0) is 21.5. The molecule has 0 aliphatic rings. The van der Waals surface area contributed by atoms with Gasteiger partial charge in [-0.3, -0.25) is 9.59 Å². The van der Waals surface area contributed by atoms with E-state index in [-0.39, 0.29) is 17.4 Å². The Kier molecular flexibility index (Phi) is 7.41. The van der Waals surface area contributed by atoms with Crippen molar-refractivity contribution < 1.29 is 9.59 Å². The number of amides is 1. The number of rotatable bonds is 9. The second kappa shape index (κ2) is 10.2. The maximum atomic E-state index is 12.6. The quantitative estimate of drug-likeness (QED) is 0.388. The Labute approximate surface area is 181 Å². The van der Waals surface area contributed by atoms with Crippen molar-refractivity contribution in [2.45, 2.75) is 45.3 Å². The molecule has 6 nitrogen and oxygen atoms in total. The summed E-state index contributed by atoms with van der Waals surface area (Å²) in [5.41, 5.74) is 3.49. The number of Topliss-reactive ketones (excluding diaryl/α,β-unsaturated/α-hetero) is 1. The van der Waals surface area contributed by atoms with Crippen LogP contribution in [0.3, 0.4) is 0 Å². The largest absolute Gasteiger partial charge is 0.326 e. The smallest absolute Gasteiger partial charge is 0.224 e. The highest BCUT2D eigenvalue weighted by atomic mass is 32.2. The number of benzene rings is 2. The fraction of sp³-hybridized carbons (Fsp3) is 0.304. The SMILES string of the molecule is CCCC(=O)Nc1ccc(C(=O)CSc2nnc(-c3cccc(C)c3)n2CC)cc1. The van der Waals surface area contributed by atoms with E-state index in [1.807, 2.05) is 43.5 Å². The molecule has 2 aromatic carbocycles. The molecule has 0 fully saturated rings. The lowest BCUT2D eigenvalue weighted by Crippen LogP contribution is -2.11. The van der Waals surface area contributed by atoms with Crippen molar-refractivity contribution in [1.82, 2.24) is 14.8 Å². The standard InChI is InChI=1S/C23H26N4O2S/c1-4-7-21(29)24-19-12-10-17(11-13-19)20(28)15-30-23-26-25-22(27(23)5-2)18-9-6-8-16(3)14-18/h6,8-14H,4-5,7,15H2,1-3H3,(H,24,29). The number of carbonyl (C=O) groups is 2. The van der Waals surface area contributed by atoms with Gasteiger partial charge in [0.05, 0.1) is 5.75 Å². The number of nitrogens with one attached hydrogen (secondary N) is 1. The molecule has 0 saturated carbocycles. The minimum Gasteiger partial charge on any atom is -0.326 e. The topological polar surface area (TPSA) is 76.9 Å². The molecule has 0 saturated heterocycles. The lowest BCUT2D eigenvalue weighted by Gasteiger charge is -2.08. The molecule has 7 heteroatoms. The molecule has 1 heterocycles. The normalized spacial score (nSPS) is 10.8. The summed E-state index contributed by atoms with van der Waals surface area (Å²) in [5.74, 6) is 1.07. The van der Waals surface area contributed by atoms with Gasteiger partial charge in [0.1, 0.15) is 0 Å². The number of nitrogens with zero attached hydrogens (tertiary/aromatic N) is 3. The van der Waals surface area contributed by atoms with Crippen molar-refractivity contribution in [3.8, 4) is 11.4 Å². The molecule has 0 aliphatic heterocycles. The first kappa shape index (κ1) is 21.8. The van der Waals surface area contributed by atoms with Gasteiger partial charge in [-0.2, -0.15) is 0 Å². The van der Waals surface area contributed by atoms with Gasteiger partial charge in [-0.15, -0.1) is 10.2 Å². The van der Waals surface area contributed by atoms with Crippen molar-refractivity contribution >= 4 is 29.1 Å². The lowest BCUT2D eigenvalue weighted by molar-refractivity contribution is -0.116. The summed E-state index contributed by atoms with van der Waals surface area (Å²) in [7, 11) is 0. The Morgan fingerprint density at radius 2 is 1.83 bits per heavy atom. The van der Waals surface area contributed by atoms with Crippen LogP contribution < -0.4 is 5.32 Å². The molecule has 0 atom stereocenters. The van der Waals surface area contributed by atoms with Crippen molar-refractivity contribution in [2.75, 3.05) is 11.1 Å².